The van der Waals surface area contributed by atoms with Crippen molar-refractivity contribution in [3.05, 3.63) is 70.3 Å². The van der Waals surface area contributed by atoms with E-state index >= 15 is 0 Å². The largest absolute Gasteiger partial charge is 0.384 e. The molecule has 0 bridgehead atoms. The second-order valence-electron chi connectivity index (χ2n) is 6.30. The molecular formula is C19H12N6O3. The fourth-order valence-corrected chi connectivity index (χ4v) is 3.32. The number of nitrogens with two attached hydrogens (primary N) is 1. The van der Waals surface area contributed by atoms with Gasteiger partial charge in [-0.3, -0.25) is 29.3 Å². The lowest BCUT2D eigenvalue weighted by Crippen LogP contribution is -2.24. The number of rotatable bonds is 2. The number of nitrogens with zero attached hydrogens (tertiary/aromatic N) is 3. The van der Waals surface area contributed by atoms with E-state index in [1.807, 2.05) is 12.1 Å². The maximum absolute atomic E-state index is 12.6. The summed E-state index contributed by atoms with van der Waals surface area (Å²) >= 11 is 0. The van der Waals surface area contributed by atoms with Gasteiger partial charge in [0, 0.05) is 24.0 Å². The van der Waals surface area contributed by atoms with E-state index in [0.717, 1.165) is 11.6 Å². The number of pyridine rings is 2. The molecule has 0 aliphatic carbocycles. The number of carbonyl (C=O) groups excluding carboxylic acids is 2. The molecule has 0 saturated heterocycles. The van der Waals surface area contributed by atoms with Crippen molar-refractivity contribution >= 4 is 28.7 Å². The smallest absolute Gasteiger partial charge is 0.262 e. The van der Waals surface area contributed by atoms with Crippen LogP contribution in [-0.2, 0) is 0 Å². The Morgan fingerprint density at radius 2 is 1.89 bits per heavy atom. The zero-order valence-electron chi connectivity index (χ0n) is 14.3. The zero-order valence-corrected chi connectivity index (χ0v) is 14.3. The van der Waals surface area contributed by atoms with E-state index in [2.05, 4.69) is 20.3 Å². The molecule has 1 aliphatic rings. The van der Waals surface area contributed by atoms with E-state index in [0.29, 0.717) is 22.5 Å². The molecule has 0 unspecified atom stereocenters. The van der Waals surface area contributed by atoms with Gasteiger partial charge in [0.25, 0.3) is 17.4 Å². The molecule has 0 fully saturated rings. The number of aromatic nitrogens is 4. The van der Waals surface area contributed by atoms with Gasteiger partial charge in [0.05, 0.1) is 27.8 Å². The van der Waals surface area contributed by atoms with Crippen molar-refractivity contribution in [2.24, 2.45) is 0 Å². The summed E-state index contributed by atoms with van der Waals surface area (Å²) < 4.78 is 1.20. The lowest BCUT2D eigenvalue weighted by atomic mass is 10.1. The van der Waals surface area contributed by atoms with Gasteiger partial charge in [0.1, 0.15) is 11.6 Å². The molecule has 3 aromatic heterocycles. The average Bonchev–Trinajstić information content (AvgIpc) is 3.23. The van der Waals surface area contributed by atoms with Crippen LogP contribution in [0.3, 0.4) is 0 Å². The predicted octanol–water partition coefficient (Wildman–Crippen LogP) is 1.24. The number of hydrogen-bond donors (Lipinski definition) is 3. The topological polar surface area (TPSA) is 136 Å². The van der Waals surface area contributed by atoms with Crippen molar-refractivity contribution in [1.82, 2.24) is 24.8 Å². The fraction of sp³-hybridized carbons (Fsp3) is 0. The summed E-state index contributed by atoms with van der Waals surface area (Å²) in [6, 6.07) is 9.93. The first-order valence-corrected chi connectivity index (χ1v) is 8.34. The van der Waals surface area contributed by atoms with Crippen LogP contribution in [0.1, 0.15) is 20.7 Å². The zero-order chi connectivity index (χ0) is 19.4. The molecule has 9 nitrogen and oxygen atoms in total. The minimum absolute atomic E-state index is 0.00496. The molecule has 4 N–H and O–H groups in total. The van der Waals surface area contributed by atoms with Crippen LogP contribution >= 0.6 is 0 Å². The van der Waals surface area contributed by atoms with Gasteiger partial charge in [0.15, 0.2) is 0 Å². The summed E-state index contributed by atoms with van der Waals surface area (Å²) in [4.78, 5) is 48.2. The van der Waals surface area contributed by atoms with Crippen molar-refractivity contribution in [2.75, 3.05) is 5.73 Å². The summed E-state index contributed by atoms with van der Waals surface area (Å²) in [7, 11) is 0. The summed E-state index contributed by atoms with van der Waals surface area (Å²) in [5.41, 5.74) is 8.22. The molecule has 5 rings (SSSR count). The number of anilines is 1. The normalized spacial score (nSPS) is 13.0. The number of benzene rings is 1. The van der Waals surface area contributed by atoms with Gasteiger partial charge in [-0.05, 0) is 30.3 Å². The van der Waals surface area contributed by atoms with Crippen molar-refractivity contribution in [3.63, 3.8) is 0 Å². The maximum Gasteiger partial charge on any atom is 0.262 e. The van der Waals surface area contributed by atoms with E-state index in [-0.39, 0.29) is 16.9 Å². The number of nitrogen functional groups attached to an aromatic ring is 1. The molecule has 2 amide bonds. The molecule has 1 aliphatic heterocycles. The molecule has 0 atom stereocenters. The van der Waals surface area contributed by atoms with Crippen LogP contribution in [0.2, 0.25) is 0 Å². The Morgan fingerprint density at radius 3 is 2.68 bits per heavy atom. The van der Waals surface area contributed by atoms with Crippen LogP contribution in [0.4, 0.5) is 5.82 Å². The second kappa shape index (κ2) is 5.61. The van der Waals surface area contributed by atoms with Crippen molar-refractivity contribution < 1.29 is 9.59 Å². The SMILES string of the molecule is Nc1c2c(cc(=O)n1-c1ccc3nc(-c4cccnc4)[nH]c3c1)C(=O)NC2=O. The first-order chi connectivity index (χ1) is 13.5. The molecule has 136 valence electrons. The standard InChI is InChI=1S/C19H12N6O3/c20-16-15-11(18(27)24-19(15)28)7-14(26)25(16)10-3-4-12-13(6-10)23-17(22-12)9-2-1-5-21-8-9/h1-8H,20H2,(H,22,23)(H,24,27,28). The second-order valence-corrected chi connectivity index (χ2v) is 6.30. The Morgan fingerprint density at radius 1 is 1.04 bits per heavy atom. The quantitative estimate of drug-likeness (QED) is 0.453. The van der Waals surface area contributed by atoms with Gasteiger partial charge >= 0.3 is 0 Å². The van der Waals surface area contributed by atoms with Crippen LogP contribution in [0, 0.1) is 0 Å². The van der Waals surface area contributed by atoms with Gasteiger partial charge < -0.3 is 10.7 Å². The summed E-state index contributed by atoms with van der Waals surface area (Å²) in [6.07, 6.45) is 3.37. The van der Waals surface area contributed by atoms with Crippen molar-refractivity contribution in [3.8, 4) is 17.1 Å². The third kappa shape index (κ3) is 2.23. The van der Waals surface area contributed by atoms with Crippen LogP contribution < -0.4 is 16.6 Å². The van der Waals surface area contributed by atoms with Crippen LogP contribution in [0.5, 0.6) is 0 Å². The number of carbonyl (C=O) groups is 2. The highest BCUT2D eigenvalue weighted by Crippen LogP contribution is 2.25. The predicted molar refractivity (Wildman–Crippen MR) is 101 cm³/mol. The molecule has 1 aromatic carbocycles. The highest BCUT2D eigenvalue weighted by Gasteiger charge is 2.31. The molecular weight excluding hydrogens is 360 g/mol. The minimum atomic E-state index is -0.624. The fourth-order valence-electron chi connectivity index (χ4n) is 3.32. The van der Waals surface area contributed by atoms with Gasteiger partial charge in [-0.15, -0.1) is 0 Å². The van der Waals surface area contributed by atoms with E-state index in [1.165, 1.54) is 4.57 Å². The molecule has 4 heterocycles. The minimum Gasteiger partial charge on any atom is -0.384 e. The summed E-state index contributed by atoms with van der Waals surface area (Å²) in [6.45, 7) is 0. The molecule has 9 heteroatoms. The summed E-state index contributed by atoms with van der Waals surface area (Å²) in [5, 5.41) is 2.15. The monoisotopic (exact) mass is 372 g/mol. The lowest BCUT2D eigenvalue weighted by molar-refractivity contribution is 0.0880. The number of hydrogen-bond acceptors (Lipinski definition) is 6. The van der Waals surface area contributed by atoms with Gasteiger partial charge in [-0.25, -0.2) is 4.98 Å². The molecule has 0 saturated carbocycles. The number of fused-ring (bicyclic) bond motifs is 2. The molecule has 4 aromatic rings. The number of imide groups is 1. The first-order valence-electron chi connectivity index (χ1n) is 8.34. The Balaban J connectivity index is 1.69. The van der Waals surface area contributed by atoms with Gasteiger partial charge in [-0.2, -0.15) is 0 Å². The highest BCUT2D eigenvalue weighted by atomic mass is 16.2. The number of aromatic amines is 1. The Kier molecular flexibility index (Phi) is 3.20. The van der Waals surface area contributed by atoms with E-state index < -0.39 is 17.4 Å². The van der Waals surface area contributed by atoms with Gasteiger partial charge in [-0.1, -0.05) is 0 Å². The van der Waals surface area contributed by atoms with Crippen molar-refractivity contribution in [1.29, 1.82) is 0 Å². The molecule has 28 heavy (non-hydrogen) atoms. The van der Waals surface area contributed by atoms with Crippen LogP contribution in [0.15, 0.2) is 53.6 Å². The lowest BCUT2D eigenvalue weighted by Gasteiger charge is -2.11. The third-order valence-electron chi connectivity index (χ3n) is 4.61. The first kappa shape index (κ1) is 15.9. The average molecular weight is 372 g/mol. The number of H-pyrrole nitrogens is 1. The third-order valence-corrected chi connectivity index (χ3v) is 4.61. The van der Waals surface area contributed by atoms with E-state index in [1.54, 1.807) is 30.6 Å². The number of imidazole rings is 1. The molecule has 0 radical (unpaired) electrons. The Hall–Kier alpha value is -4.27. The highest BCUT2D eigenvalue weighted by molar-refractivity contribution is 6.23. The number of nitrogens with one attached hydrogen (secondary N) is 2. The number of amides is 2. The maximum atomic E-state index is 12.6. The molecule has 0 spiro atoms. The van der Waals surface area contributed by atoms with Gasteiger partial charge in [0.2, 0.25) is 0 Å². The Bertz CT molecular complexity index is 1350. The van der Waals surface area contributed by atoms with E-state index in [4.69, 9.17) is 5.73 Å². The van der Waals surface area contributed by atoms with E-state index in [9.17, 15) is 14.4 Å². The van der Waals surface area contributed by atoms with Crippen LogP contribution in [0.25, 0.3) is 28.1 Å². The summed E-state index contributed by atoms with van der Waals surface area (Å²) in [5.74, 6) is -0.689. The van der Waals surface area contributed by atoms with Crippen molar-refractivity contribution in [2.45, 2.75) is 0 Å². The van der Waals surface area contributed by atoms with Crippen LogP contribution in [-0.4, -0.2) is 31.3 Å². The Labute approximate surface area is 156 Å².